The molecule has 1 fully saturated rings. The minimum absolute atomic E-state index is 0.595. The molecule has 0 bridgehead atoms. The largest absolute Gasteiger partial charge is 0.383 e. The van der Waals surface area contributed by atoms with Gasteiger partial charge >= 0.3 is 0 Å². The van der Waals surface area contributed by atoms with Crippen molar-refractivity contribution in [1.29, 1.82) is 0 Å². The number of anilines is 1. The Labute approximate surface area is 128 Å². The van der Waals surface area contributed by atoms with Gasteiger partial charge in [-0.05, 0) is 49.8 Å². The van der Waals surface area contributed by atoms with Crippen LogP contribution in [-0.4, -0.2) is 37.8 Å². The maximum absolute atomic E-state index is 5.04. The van der Waals surface area contributed by atoms with E-state index in [0.717, 1.165) is 38.0 Å². The Morgan fingerprint density at radius 1 is 1.38 bits per heavy atom. The van der Waals surface area contributed by atoms with Crippen LogP contribution in [0.25, 0.3) is 0 Å². The van der Waals surface area contributed by atoms with Gasteiger partial charge in [0, 0.05) is 39.0 Å². The van der Waals surface area contributed by atoms with Gasteiger partial charge in [-0.1, -0.05) is 6.92 Å². The lowest BCUT2D eigenvalue weighted by atomic mass is 9.94. The molecule has 2 unspecified atom stereocenters. The van der Waals surface area contributed by atoms with Crippen LogP contribution in [0.2, 0.25) is 0 Å². The molecule has 0 amide bonds. The van der Waals surface area contributed by atoms with E-state index >= 15 is 0 Å². The first kappa shape index (κ1) is 16.2. The average molecular weight is 291 g/mol. The van der Waals surface area contributed by atoms with Gasteiger partial charge in [-0.15, -0.1) is 0 Å². The quantitative estimate of drug-likeness (QED) is 0.818. The van der Waals surface area contributed by atoms with Gasteiger partial charge in [-0.2, -0.15) is 0 Å². The maximum Gasteiger partial charge on any atom is 0.131 e. The molecule has 2 rings (SSSR count). The van der Waals surface area contributed by atoms with Gasteiger partial charge in [-0.25, -0.2) is 4.98 Å². The highest BCUT2D eigenvalue weighted by atomic mass is 16.5. The molecule has 21 heavy (non-hydrogen) atoms. The fourth-order valence-electron chi connectivity index (χ4n) is 3.01. The SMILES string of the molecule is COCCNCc1cnc(N2CC(C)CCC2C)c(C)c1. The van der Waals surface area contributed by atoms with Crippen molar-refractivity contribution in [2.75, 3.05) is 31.7 Å². The molecule has 1 saturated heterocycles. The Hall–Kier alpha value is -1.13. The fourth-order valence-corrected chi connectivity index (χ4v) is 3.01. The molecule has 0 spiro atoms. The molecule has 118 valence electrons. The summed E-state index contributed by atoms with van der Waals surface area (Å²) < 4.78 is 5.04. The Kier molecular flexibility index (Phi) is 6.00. The van der Waals surface area contributed by atoms with E-state index in [9.17, 15) is 0 Å². The van der Waals surface area contributed by atoms with Crippen LogP contribution in [0, 0.1) is 12.8 Å². The Balaban J connectivity index is 2.01. The number of hydrogen-bond donors (Lipinski definition) is 1. The second-order valence-corrected chi connectivity index (χ2v) is 6.34. The van der Waals surface area contributed by atoms with E-state index in [1.807, 2.05) is 6.20 Å². The first-order valence-corrected chi connectivity index (χ1v) is 8.03. The van der Waals surface area contributed by atoms with Gasteiger partial charge in [-0.3, -0.25) is 0 Å². The number of rotatable bonds is 6. The van der Waals surface area contributed by atoms with E-state index in [2.05, 4.69) is 37.1 Å². The van der Waals surface area contributed by atoms with Gasteiger partial charge in [0.2, 0.25) is 0 Å². The number of aromatic nitrogens is 1. The number of ether oxygens (including phenoxy) is 1. The Morgan fingerprint density at radius 3 is 2.90 bits per heavy atom. The van der Waals surface area contributed by atoms with Crippen LogP contribution in [0.1, 0.15) is 37.8 Å². The van der Waals surface area contributed by atoms with Crippen molar-refractivity contribution in [1.82, 2.24) is 10.3 Å². The Morgan fingerprint density at radius 2 is 2.19 bits per heavy atom. The zero-order valence-electron chi connectivity index (χ0n) is 13.9. The lowest BCUT2D eigenvalue weighted by Crippen LogP contribution is -2.42. The van der Waals surface area contributed by atoms with Crippen LogP contribution in [0.4, 0.5) is 5.82 Å². The summed E-state index contributed by atoms with van der Waals surface area (Å²) in [5.74, 6) is 1.92. The standard InChI is InChI=1S/C17H29N3O/c1-13-5-6-15(3)20(12-13)17-14(2)9-16(11-19-17)10-18-7-8-21-4/h9,11,13,15,18H,5-8,10,12H2,1-4H3. The van der Waals surface area contributed by atoms with Crippen molar-refractivity contribution in [3.63, 3.8) is 0 Å². The summed E-state index contributed by atoms with van der Waals surface area (Å²) in [6.07, 6.45) is 4.61. The normalized spacial score (nSPS) is 22.6. The van der Waals surface area contributed by atoms with Crippen molar-refractivity contribution >= 4 is 5.82 Å². The molecule has 4 heteroatoms. The van der Waals surface area contributed by atoms with Crippen LogP contribution < -0.4 is 10.2 Å². The lowest BCUT2D eigenvalue weighted by Gasteiger charge is -2.38. The predicted molar refractivity (Wildman–Crippen MR) is 87.8 cm³/mol. The zero-order chi connectivity index (χ0) is 15.2. The fraction of sp³-hybridized carbons (Fsp3) is 0.706. The molecular weight excluding hydrogens is 262 g/mol. The third-order valence-corrected chi connectivity index (χ3v) is 4.31. The van der Waals surface area contributed by atoms with Crippen molar-refractivity contribution in [3.8, 4) is 0 Å². The number of nitrogens with one attached hydrogen (secondary N) is 1. The van der Waals surface area contributed by atoms with Crippen LogP contribution in [0.15, 0.2) is 12.3 Å². The van der Waals surface area contributed by atoms with E-state index in [0.29, 0.717) is 6.04 Å². The summed E-state index contributed by atoms with van der Waals surface area (Å²) in [6, 6.07) is 2.85. The van der Waals surface area contributed by atoms with Gasteiger partial charge in [0.1, 0.15) is 5.82 Å². The average Bonchev–Trinajstić information content (AvgIpc) is 2.47. The first-order chi connectivity index (χ1) is 10.1. The number of methoxy groups -OCH3 is 1. The van der Waals surface area contributed by atoms with Crippen LogP contribution in [0.3, 0.4) is 0 Å². The monoisotopic (exact) mass is 291 g/mol. The van der Waals surface area contributed by atoms with Crippen molar-refractivity contribution in [2.24, 2.45) is 5.92 Å². The van der Waals surface area contributed by atoms with Crippen molar-refractivity contribution < 1.29 is 4.74 Å². The summed E-state index contributed by atoms with van der Waals surface area (Å²) in [5.41, 5.74) is 2.52. The van der Waals surface area contributed by atoms with Gasteiger partial charge in [0.05, 0.1) is 6.61 Å². The number of nitrogens with zero attached hydrogens (tertiary/aromatic N) is 2. The van der Waals surface area contributed by atoms with E-state index < -0.39 is 0 Å². The van der Waals surface area contributed by atoms with E-state index in [1.165, 1.54) is 24.0 Å². The summed E-state index contributed by atoms with van der Waals surface area (Å²) in [6.45, 7) is 10.4. The zero-order valence-corrected chi connectivity index (χ0v) is 13.9. The molecule has 1 aliphatic heterocycles. The van der Waals surface area contributed by atoms with Crippen molar-refractivity contribution in [2.45, 2.75) is 46.2 Å². The molecule has 2 atom stereocenters. The highest BCUT2D eigenvalue weighted by Gasteiger charge is 2.24. The molecule has 1 aromatic heterocycles. The van der Waals surface area contributed by atoms with E-state index in [1.54, 1.807) is 7.11 Å². The van der Waals surface area contributed by atoms with Crippen LogP contribution in [-0.2, 0) is 11.3 Å². The van der Waals surface area contributed by atoms with Crippen molar-refractivity contribution in [3.05, 3.63) is 23.4 Å². The number of piperidine rings is 1. The molecule has 0 aromatic carbocycles. The first-order valence-electron chi connectivity index (χ1n) is 8.03. The molecule has 1 N–H and O–H groups in total. The number of hydrogen-bond acceptors (Lipinski definition) is 4. The maximum atomic E-state index is 5.04. The summed E-state index contributed by atoms with van der Waals surface area (Å²) in [5, 5.41) is 3.37. The summed E-state index contributed by atoms with van der Waals surface area (Å²) in [7, 11) is 1.73. The summed E-state index contributed by atoms with van der Waals surface area (Å²) in [4.78, 5) is 7.22. The number of pyridine rings is 1. The van der Waals surface area contributed by atoms with E-state index in [4.69, 9.17) is 9.72 Å². The molecule has 0 aliphatic carbocycles. The molecule has 0 radical (unpaired) electrons. The second-order valence-electron chi connectivity index (χ2n) is 6.34. The highest BCUT2D eigenvalue weighted by Crippen LogP contribution is 2.28. The predicted octanol–water partition coefficient (Wildman–Crippen LogP) is 2.75. The lowest BCUT2D eigenvalue weighted by molar-refractivity contribution is 0.199. The summed E-state index contributed by atoms with van der Waals surface area (Å²) >= 11 is 0. The molecule has 1 aromatic rings. The molecule has 2 heterocycles. The Bertz CT molecular complexity index is 450. The smallest absolute Gasteiger partial charge is 0.131 e. The second kappa shape index (κ2) is 7.76. The van der Waals surface area contributed by atoms with Gasteiger partial charge in [0.25, 0.3) is 0 Å². The topological polar surface area (TPSA) is 37.4 Å². The molecular formula is C17H29N3O. The van der Waals surface area contributed by atoms with E-state index in [-0.39, 0.29) is 0 Å². The van der Waals surface area contributed by atoms with Crippen LogP contribution >= 0.6 is 0 Å². The third-order valence-electron chi connectivity index (χ3n) is 4.31. The molecule has 0 saturated carbocycles. The minimum Gasteiger partial charge on any atom is -0.383 e. The number of aryl methyl sites for hydroxylation is 1. The third kappa shape index (κ3) is 4.42. The van der Waals surface area contributed by atoms with Gasteiger partial charge in [0.15, 0.2) is 0 Å². The molecule has 1 aliphatic rings. The highest BCUT2D eigenvalue weighted by molar-refractivity contribution is 5.48. The van der Waals surface area contributed by atoms with Gasteiger partial charge < -0.3 is 15.0 Å². The minimum atomic E-state index is 0.595. The molecule has 4 nitrogen and oxygen atoms in total. The van der Waals surface area contributed by atoms with Crippen LogP contribution in [0.5, 0.6) is 0 Å².